The van der Waals surface area contributed by atoms with Gasteiger partial charge in [-0.15, -0.1) is 11.3 Å². The molecule has 0 N–H and O–H groups in total. The number of nitrogens with zero attached hydrogens (tertiary/aromatic N) is 2. The molecule has 1 aromatic carbocycles. The maximum Gasteiger partial charge on any atom is 0.276 e. The number of thiophene rings is 1. The van der Waals surface area contributed by atoms with E-state index in [0.29, 0.717) is 29.8 Å². The molecule has 1 aliphatic rings. The van der Waals surface area contributed by atoms with Crippen LogP contribution in [0, 0.1) is 0 Å². The molecule has 0 bridgehead atoms. The van der Waals surface area contributed by atoms with Crippen molar-refractivity contribution in [1.29, 1.82) is 0 Å². The average molecular weight is 405 g/mol. The van der Waals surface area contributed by atoms with E-state index < -0.39 is 0 Å². The van der Waals surface area contributed by atoms with Gasteiger partial charge in [0.2, 0.25) is 0 Å². The second-order valence-electron chi connectivity index (χ2n) is 6.02. The van der Waals surface area contributed by atoms with Crippen molar-refractivity contribution < 1.29 is 9.32 Å². The van der Waals surface area contributed by atoms with Crippen LogP contribution in [0.5, 0.6) is 0 Å². The van der Waals surface area contributed by atoms with Crippen molar-refractivity contribution in [2.45, 2.75) is 11.7 Å². The highest BCUT2D eigenvalue weighted by Crippen LogP contribution is 2.38. The van der Waals surface area contributed by atoms with E-state index in [2.05, 4.69) is 11.2 Å². The fraction of sp³-hybridized carbons (Fsp3) is 0.263. The summed E-state index contributed by atoms with van der Waals surface area (Å²) in [7, 11) is 0. The Balaban J connectivity index is 1.46. The van der Waals surface area contributed by atoms with Crippen LogP contribution in [0.25, 0.3) is 10.6 Å². The van der Waals surface area contributed by atoms with Gasteiger partial charge in [0.15, 0.2) is 11.5 Å². The Morgan fingerprint density at radius 1 is 1.23 bits per heavy atom. The van der Waals surface area contributed by atoms with Crippen LogP contribution >= 0.6 is 34.7 Å². The number of halogens is 1. The number of benzene rings is 1. The monoisotopic (exact) mass is 404 g/mol. The van der Waals surface area contributed by atoms with Crippen molar-refractivity contribution >= 4 is 40.6 Å². The number of thioether (sulfide) groups is 1. The van der Waals surface area contributed by atoms with Crippen molar-refractivity contribution in [3.63, 3.8) is 0 Å². The van der Waals surface area contributed by atoms with Crippen LogP contribution in [0.1, 0.15) is 27.7 Å². The summed E-state index contributed by atoms with van der Waals surface area (Å²) in [6, 6.07) is 13.6. The lowest BCUT2D eigenvalue weighted by atomic mass is 10.1. The summed E-state index contributed by atoms with van der Waals surface area (Å²) in [4.78, 5) is 15.7. The molecule has 0 aliphatic carbocycles. The number of hydrogen-bond acceptors (Lipinski definition) is 5. The summed E-state index contributed by atoms with van der Waals surface area (Å²) >= 11 is 9.76. The molecule has 1 fully saturated rings. The van der Waals surface area contributed by atoms with Crippen molar-refractivity contribution in [3.05, 3.63) is 64.1 Å². The van der Waals surface area contributed by atoms with E-state index >= 15 is 0 Å². The van der Waals surface area contributed by atoms with Crippen LogP contribution in [-0.4, -0.2) is 34.8 Å². The third kappa shape index (κ3) is 3.68. The SMILES string of the molecule is O=C(c1cc(-c2cccs2)on1)N1CCSC(c2ccccc2Cl)CC1. The van der Waals surface area contributed by atoms with E-state index in [1.54, 1.807) is 17.4 Å². The standard InChI is InChI=1S/C19H17ClN2O2S2/c20-14-5-2-1-4-13(14)17-7-8-22(9-11-26-17)19(23)15-12-16(24-21-15)18-6-3-10-25-18/h1-6,10,12,17H,7-9,11H2. The molecule has 26 heavy (non-hydrogen) atoms. The lowest BCUT2D eigenvalue weighted by molar-refractivity contribution is 0.0756. The number of carbonyl (C=O) groups is 1. The summed E-state index contributed by atoms with van der Waals surface area (Å²) in [5.74, 6) is 1.44. The van der Waals surface area contributed by atoms with E-state index in [-0.39, 0.29) is 5.91 Å². The molecule has 7 heteroatoms. The minimum Gasteiger partial charge on any atom is -0.355 e. The highest BCUT2D eigenvalue weighted by Gasteiger charge is 2.26. The highest BCUT2D eigenvalue weighted by atomic mass is 35.5. The van der Waals surface area contributed by atoms with E-state index in [9.17, 15) is 4.79 Å². The van der Waals surface area contributed by atoms with Gasteiger partial charge in [-0.05, 0) is 29.5 Å². The predicted molar refractivity (Wildman–Crippen MR) is 107 cm³/mol. The Morgan fingerprint density at radius 3 is 2.92 bits per heavy atom. The molecule has 1 saturated heterocycles. The fourth-order valence-electron chi connectivity index (χ4n) is 3.03. The Labute approximate surface area is 165 Å². The van der Waals surface area contributed by atoms with E-state index in [1.165, 1.54) is 0 Å². The zero-order chi connectivity index (χ0) is 17.9. The number of hydrogen-bond donors (Lipinski definition) is 0. The first-order chi connectivity index (χ1) is 12.7. The molecule has 1 amide bonds. The molecule has 1 aliphatic heterocycles. The molecule has 0 saturated carbocycles. The second-order valence-corrected chi connectivity index (χ2v) is 8.68. The van der Waals surface area contributed by atoms with E-state index in [0.717, 1.165) is 27.6 Å². The zero-order valence-electron chi connectivity index (χ0n) is 13.9. The summed E-state index contributed by atoms with van der Waals surface area (Å²) in [5.41, 5.74) is 1.52. The van der Waals surface area contributed by atoms with Gasteiger partial charge in [0.1, 0.15) is 0 Å². The topological polar surface area (TPSA) is 46.3 Å². The molecule has 0 radical (unpaired) electrons. The number of amides is 1. The van der Waals surface area contributed by atoms with Crippen molar-refractivity contribution in [3.8, 4) is 10.6 Å². The van der Waals surface area contributed by atoms with Crippen LogP contribution in [0.4, 0.5) is 0 Å². The zero-order valence-corrected chi connectivity index (χ0v) is 16.3. The van der Waals surface area contributed by atoms with E-state index in [1.807, 2.05) is 52.4 Å². The average Bonchev–Trinajstić information content (AvgIpc) is 3.29. The highest BCUT2D eigenvalue weighted by molar-refractivity contribution is 7.99. The Bertz CT molecular complexity index is 895. The fourth-order valence-corrected chi connectivity index (χ4v) is 5.30. The van der Waals surface area contributed by atoms with Crippen molar-refractivity contribution in [2.75, 3.05) is 18.8 Å². The number of rotatable bonds is 3. The van der Waals surface area contributed by atoms with Gasteiger partial charge in [0.05, 0.1) is 4.88 Å². The quantitative estimate of drug-likeness (QED) is 0.588. The maximum absolute atomic E-state index is 12.8. The van der Waals surface area contributed by atoms with Gasteiger partial charge in [0.25, 0.3) is 5.91 Å². The van der Waals surface area contributed by atoms with Gasteiger partial charge in [-0.25, -0.2) is 0 Å². The van der Waals surface area contributed by atoms with Gasteiger partial charge in [-0.2, -0.15) is 11.8 Å². The normalized spacial score (nSPS) is 17.9. The lowest BCUT2D eigenvalue weighted by Gasteiger charge is -2.19. The minimum atomic E-state index is -0.0723. The Morgan fingerprint density at radius 2 is 2.12 bits per heavy atom. The molecule has 1 atom stereocenters. The van der Waals surface area contributed by atoms with Gasteiger partial charge < -0.3 is 9.42 Å². The largest absolute Gasteiger partial charge is 0.355 e. The van der Waals surface area contributed by atoms with Crippen LogP contribution < -0.4 is 0 Å². The third-order valence-electron chi connectivity index (χ3n) is 4.37. The summed E-state index contributed by atoms with van der Waals surface area (Å²) in [6.07, 6.45) is 0.871. The number of carbonyl (C=O) groups excluding carboxylic acids is 1. The number of aromatic nitrogens is 1. The molecule has 3 heterocycles. The molecule has 134 valence electrons. The first kappa shape index (κ1) is 17.6. The molecule has 3 aromatic rings. The summed E-state index contributed by atoms with van der Waals surface area (Å²) < 4.78 is 5.35. The second kappa shape index (κ2) is 7.86. The van der Waals surface area contributed by atoms with Crippen LogP contribution in [0.2, 0.25) is 5.02 Å². The maximum atomic E-state index is 12.8. The molecule has 1 unspecified atom stereocenters. The Kier molecular flexibility index (Phi) is 5.33. The van der Waals surface area contributed by atoms with Gasteiger partial charge >= 0.3 is 0 Å². The molecule has 4 nitrogen and oxygen atoms in total. The lowest BCUT2D eigenvalue weighted by Crippen LogP contribution is -2.33. The Hall–Kier alpha value is -1.76. The van der Waals surface area contributed by atoms with Crippen molar-refractivity contribution in [2.24, 2.45) is 0 Å². The van der Waals surface area contributed by atoms with E-state index in [4.69, 9.17) is 16.1 Å². The predicted octanol–water partition coefficient (Wildman–Crippen LogP) is 5.38. The molecular formula is C19H17ClN2O2S2. The third-order valence-corrected chi connectivity index (χ3v) is 6.91. The summed E-state index contributed by atoms with van der Waals surface area (Å²) in [6.45, 7) is 1.38. The van der Waals surface area contributed by atoms with Crippen molar-refractivity contribution in [1.82, 2.24) is 10.1 Å². The molecule has 2 aromatic heterocycles. The minimum absolute atomic E-state index is 0.0723. The van der Waals surface area contributed by atoms with Gasteiger partial charge in [-0.1, -0.05) is 41.0 Å². The molecule has 0 spiro atoms. The van der Waals surface area contributed by atoms with Crippen LogP contribution in [0.15, 0.2) is 52.4 Å². The smallest absolute Gasteiger partial charge is 0.276 e. The van der Waals surface area contributed by atoms with Gasteiger partial charge in [-0.3, -0.25) is 4.79 Å². The summed E-state index contributed by atoms with van der Waals surface area (Å²) in [5, 5.41) is 7.05. The van der Waals surface area contributed by atoms with Gasteiger partial charge in [0, 0.05) is 35.2 Å². The first-order valence-electron chi connectivity index (χ1n) is 8.38. The molecule has 4 rings (SSSR count). The van der Waals surface area contributed by atoms with Crippen LogP contribution in [-0.2, 0) is 0 Å². The van der Waals surface area contributed by atoms with Crippen LogP contribution in [0.3, 0.4) is 0 Å². The molecular weight excluding hydrogens is 388 g/mol. The first-order valence-corrected chi connectivity index (χ1v) is 10.7.